The molecular formula is C10H14ClFN2. The molecule has 0 fully saturated rings. The second-order valence-corrected chi connectivity index (χ2v) is 3.58. The van der Waals surface area contributed by atoms with Crippen LogP contribution < -0.4 is 11.1 Å². The van der Waals surface area contributed by atoms with E-state index in [9.17, 15) is 4.39 Å². The number of hydrogen-bond acceptors (Lipinski definition) is 2. The Balaban J connectivity index is 2.70. The molecule has 0 saturated carbocycles. The molecular weight excluding hydrogens is 203 g/mol. The van der Waals surface area contributed by atoms with Gasteiger partial charge in [0, 0.05) is 6.04 Å². The summed E-state index contributed by atoms with van der Waals surface area (Å²) in [5, 5.41) is 3.13. The van der Waals surface area contributed by atoms with Gasteiger partial charge in [0.2, 0.25) is 0 Å². The van der Waals surface area contributed by atoms with Crippen LogP contribution in [0.1, 0.15) is 18.0 Å². The zero-order chi connectivity index (χ0) is 10.6. The predicted octanol–water partition coefficient (Wildman–Crippen LogP) is 2.09. The molecule has 0 aromatic heterocycles. The number of hydrogen-bond donors (Lipinski definition) is 2. The van der Waals surface area contributed by atoms with E-state index in [1.54, 1.807) is 12.1 Å². The van der Waals surface area contributed by atoms with Crippen molar-refractivity contribution in [3.8, 4) is 0 Å². The minimum Gasteiger partial charge on any atom is -0.324 e. The van der Waals surface area contributed by atoms with Gasteiger partial charge in [0.05, 0.1) is 5.02 Å². The summed E-state index contributed by atoms with van der Waals surface area (Å²) in [6.07, 6.45) is 0.804. The zero-order valence-electron chi connectivity index (χ0n) is 8.06. The van der Waals surface area contributed by atoms with E-state index >= 15 is 0 Å². The standard InChI is InChI=1S/C10H14ClFN2/c1-14-5-4-10(13)7-2-3-9(12)8(11)6-7/h2-3,6,10,14H,4-5,13H2,1H3. The molecule has 78 valence electrons. The summed E-state index contributed by atoms with van der Waals surface area (Å²) < 4.78 is 12.8. The highest BCUT2D eigenvalue weighted by atomic mass is 35.5. The zero-order valence-corrected chi connectivity index (χ0v) is 8.81. The Morgan fingerprint density at radius 2 is 2.29 bits per heavy atom. The summed E-state index contributed by atoms with van der Waals surface area (Å²) in [5.74, 6) is -0.406. The van der Waals surface area contributed by atoms with Gasteiger partial charge in [-0.1, -0.05) is 17.7 Å². The van der Waals surface area contributed by atoms with Gasteiger partial charge in [0.25, 0.3) is 0 Å². The second kappa shape index (κ2) is 5.29. The Morgan fingerprint density at radius 1 is 1.57 bits per heavy atom. The third-order valence-corrected chi connectivity index (χ3v) is 2.37. The summed E-state index contributed by atoms with van der Waals surface area (Å²) in [6.45, 7) is 0.830. The molecule has 1 atom stereocenters. The van der Waals surface area contributed by atoms with Crippen molar-refractivity contribution in [3.63, 3.8) is 0 Å². The van der Waals surface area contributed by atoms with Gasteiger partial charge >= 0.3 is 0 Å². The molecule has 1 rings (SSSR count). The van der Waals surface area contributed by atoms with Crippen LogP contribution >= 0.6 is 11.6 Å². The fourth-order valence-corrected chi connectivity index (χ4v) is 1.40. The summed E-state index contributed by atoms with van der Waals surface area (Å²) >= 11 is 5.65. The quantitative estimate of drug-likeness (QED) is 0.809. The first-order valence-electron chi connectivity index (χ1n) is 4.50. The highest BCUT2D eigenvalue weighted by Crippen LogP contribution is 2.20. The van der Waals surface area contributed by atoms with Crippen LogP contribution in [-0.2, 0) is 0 Å². The Labute approximate surface area is 88.2 Å². The van der Waals surface area contributed by atoms with Gasteiger partial charge in [-0.3, -0.25) is 0 Å². The smallest absolute Gasteiger partial charge is 0.141 e. The maximum absolute atomic E-state index is 12.8. The number of nitrogens with two attached hydrogens (primary N) is 1. The van der Waals surface area contributed by atoms with Gasteiger partial charge < -0.3 is 11.1 Å². The lowest BCUT2D eigenvalue weighted by Crippen LogP contribution is -2.17. The highest BCUT2D eigenvalue weighted by Gasteiger charge is 2.07. The number of halogens is 2. The maximum atomic E-state index is 12.8. The van der Waals surface area contributed by atoms with Gasteiger partial charge in [-0.2, -0.15) is 0 Å². The topological polar surface area (TPSA) is 38.0 Å². The normalized spacial score (nSPS) is 12.9. The van der Waals surface area contributed by atoms with Crippen LogP contribution in [0.3, 0.4) is 0 Å². The molecule has 1 aromatic carbocycles. The summed E-state index contributed by atoms with van der Waals surface area (Å²) in [5.41, 5.74) is 6.75. The van der Waals surface area contributed by atoms with E-state index in [2.05, 4.69) is 5.32 Å². The van der Waals surface area contributed by atoms with E-state index in [0.717, 1.165) is 18.5 Å². The first kappa shape index (κ1) is 11.4. The molecule has 0 aliphatic heterocycles. The lowest BCUT2D eigenvalue weighted by atomic mass is 10.0. The van der Waals surface area contributed by atoms with Crippen molar-refractivity contribution in [2.75, 3.05) is 13.6 Å². The van der Waals surface area contributed by atoms with Crippen LogP contribution in [-0.4, -0.2) is 13.6 Å². The van der Waals surface area contributed by atoms with Gasteiger partial charge in [-0.25, -0.2) is 4.39 Å². The Kier molecular flexibility index (Phi) is 4.32. The molecule has 14 heavy (non-hydrogen) atoms. The molecule has 0 aliphatic rings. The Bertz CT molecular complexity index is 304. The van der Waals surface area contributed by atoms with E-state index in [0.29, 0.717) is 0 Å². The molecule has 0 bridgehead atoms. The molecule has 3 N–H and O–H groups in total. The van der Waals surface area contributed by atoms with Crippen molar-refractivity contribution in [1.29, 1.82) is 0 Å². The van der Waals surface area contributed by atoms with Gasteiger partial charge in [-0.05, 0) is 37.7 Å². The largest absolute Gasteiger partial charge is 0.324 e. The Hall–Kier alpha value is -0.640. The van der Waals surface area contributed by atoms with Crippen LogP contribution in [0.2, 0.25) is 5.02 Å². The molecule has 0 spiro atoms. The van der Waals surface area contributed by atoms with Crippen molar-refractivity contribution >= 4 is 11.6 Å². The molecule has 2 nitrogen and oxygen atoms in total. The number of benzene rings is 1. The SMILES string of the molecule is CNCCC(N)c1ccc(F)c(Cl)c1. The second-order valence-electron chi connectivity index (χ2n) is 3.17. The molecule has 0 amide bonds. The minimum atomic E-state index is -0.406. The Morgan fingerprint density at radius 3 is 2.86 bits per heavy atom. The molecule has 0 aliphatic carbocycles. The van der Waals surface area contributed by atoms with Crippen LogP contribution in [0, 0.1) is 5.82 Å². The predicted molar refractivity (Wildman–Crippen MR) is 56.9 cm³/mol. The minimum absolute atomic E-state index is 0.0967. The van der Waals surface area contributed by atoms with E-state index in [1.165, 1.54) is 6.07 Å². The van der Waals surface area contributed by atoms with Crippen molar-refractivity contribution < 1.29 is 4.39 Å². The molecule has 0 radical (unpaired) electrons. The summed E-state index contributed by atoms with van der Waals surface area (Å²) in [4.78, 5) is 0. The number of nitrogens with one attached hydrogen (secondary N) is 1. The fourth-order valence-electron chi connectivity index (χ4n) is 1.21. The van der Waals surface area contributed by atoms with E-state index in [1.807, 2.05) is 7.05 Å². The first-order chi connectivity index (χ1) is 6.65. The van der Waals surface area contributed by atoms with Crippen molar-refractivity contribution in [2.24, 2.45) is 5.73 Å². The molecule has 1 aromatic rings. The van der Waals surface area contributed by atoms with Crippen molar-refractivity contribution in [3.05, 3.63) is 34.6 Å². The highest BCUT2D eigenvalue weighted by molar-refractivity contribution is 6.30. The fraction of sp³-hybridized carbons (Fsp3) is 0.400. The average Bonchev–Trinajstić information content (AvgIpc) is 2.18. The lowest BCUT2D eigenvalue weighted by molar-refractivity contribution is 0.606. The van der Waals surface area contributed by atoms with Crippen molar-refractivity contribution in [2.45, 2.75) is 12.5 Å². The monoisotopic (exact) mass is 216 g/mol. The molecule has 4 heteroatoms. The molecule has 0 saturated heterocycles. The molecule has 0 heterocycles. The van der Waals surface area contributed by atoms with Crippen LogP contribution in [0.15, 0.2) is 18.2 Å². The third kappa shape index (κ3) is 2.94. The van der Waals surface area contributed by atoms with E-state index in [4.69, 9.17) is 17.3 Å². The van der Waals surface area contributed by atoms with Gasteiger partial charge in [0.1, 0.15) is 5.82 Å². The summed E-state index contributed by atoms with van der Waals surface area (Å²) in [7, 11) is 1.87. The van der Waals surface area contributed by atoms with E-state index < -0.39 is 5.82 Å². The summed E-state index contributed by atoms with van der Waals surface area (Å²) in [6, 6.07) is 4.50. The van der Waals surface area contributed by atoms with Crippen LogP contribution in [0.25, 0.3) is 0 Å². The lowest BCUT2D eigenvalue weighted by Gasteiger charge is -2.11. The van der Waals surface area contributed by atoms with Gasteiger partial charge in [-0.15, -0.1) is 0 Å². The van der Waals surface area contributed by atoms with Crippen LogP contribution in [0.5, 0.6) is 0 Å². The average molecular weight is 217 g/mol. The maximum Gasteiger partial charge on any atom is 0.141 e. The van der Waals surface area contributed by atoms with Gasteiger partial charge in [0.15, 0.2) is 0 Å². The molecule has 1 unspecified atom stereocenters. The number of rotatable bonds is 4. The first-order valence-corrected chi connectivity index (χ1v) is 4.88. The van der Waals surface area contributed by atoms with E-state index in [-0.39, 0.29) is 11.1 Å². The third-order valence-electron chi connectivity index (χ3n) is 2.08. The van der Waals surface area contributed by atoms with Crippen molar-refractivity contribution in [1.82, 2.24) is 5.32 Å². The van der Waals surface area contributed by atoms with Crippen LogP contribution in [0.4, 0.5) is 4.39 Å².